The molecule has 2 heterocycles. The average molecular weight is 296 g/mol. The van der Waals surface area contributed by atoms with Crippen LogP contribution in [0.4, 0.5) is 5.82 Å². The van der Waals surface area contributed by atoms with E-state index in [1.807, 2.05) is 20.8 Å². The first-order chi connectivity index (χ1) is 9.34. The first-order valence-electron chi connectivity index (χ1n) is 6.43. The molecule has 0 saturated heterocycles. The molecule has 0 aliphatic carbocycles. The molecule has 0 amide bonds. The molecular formula is C13H18ClN5O. The van der Waals surface area contributed by atoms with Crippen LogP contribution in [-0.4, -0.2) is 26.7 Å². The number of halogens is 1. The van der Waals surface area contributed by atoms with Crippen molar-refractivity contribution in [3.05, 3.63) is 28.8 Å². The molecule has 1 N–H and O–H groups in total. The van der Waals surface area contributed by atoms with E-state index in [4.69, 9.17) is 16.1 Å². The van der Waals surface area contributed by atoms with Crippen molar-refractivity contribution in [1.82, 2.24) is 20.1 Å². The highest BCUT2D eigenvalue weighted by molar-refractivity contribution is 6.29. The summed E-state index contributed by atoms with van der Waals surface area (Å²) in [5.74, 6) is 2.66. The molecule has 0 aliphatic heterocycles. The van der Waals surface area contributed by atoms with E-state index in [0.717, 1.165) is 0 Å². The topological polar surface area (TPSA) is 76.7 Å². The molecule has 0 aliphatic rings. The smallest absolute Gasteiger partial charge is 0.223 e. The van der Waals surface area contributed by atoms with Gasteiger partial charge in [0.1, 0.15) is 16.8 Å². The van der Waals surface area contributed by atoms with Gasteiger partial charge in [-0.15, -0.1) is 0 Å². The van der Waals surface area contributed by atoms with Gasteiger partial charge in [-0.3, -0.25) is 0 Å². The van der Waals surface area contributed by atoms with E-state index in [0.29, 0.717) is 41.5 Å². The molecule has 0 spiro atoms. The Morgan fingerprint density at radius 2 is 2.00 bits per heavy atom. The molecule has 7 heteroatoms. The predicted molar refractivity (Wildman–Crippen MR) is 77.0 cm³/mol. The summed E-state index contributed by atoms with van der Waals surface area (Å²) < 4.78 is 4.91. The number of hydrogen-bond acceptors (Lipinski definition) is 6. The van der Waals surface area contributed by atoms with Crippen LogP contribution in [0.2, 0.25) is 5.15 Å². The van der Waals surface area contributed by atoms with E-state index >= 15 is 0 Å². The van der Waals surface area contributed by atoms with E-state index in [1.165, 1.54) is 0 Å². The zero-order chi connectivity index (χ0) is 14.8. The highest BCUT2D eigenvalue weighted by Crippen LogP contribution is 2.22. The van der Waals surface area contributed by atoms with Gasteiger partial charge in [0.15, 0.2) is 5.82 Å². The SMILES string of the molecule is Cc1nc(CCNc2cc(Cl)nc(C(C)(C)C)n2)no1. The summed E-state index contributed by atoms with van der Waals surface area (Å²) in [7, 11) is 0. The standard InChI is InChI=1S/C13H18ClN5O/c1-8-16-10(19-20-8)5-6-15-11-7-9(14)17-12(18-11)13(2,3)4/h7H,5-6H2,1-4H3,(H,15,17,18). The lowest BCUT2D eigenvalue weighted by Gasteiger charge is -2.17. The molecule has 0 radical (unpaired) electrons. The van der Waals surface area contributed by atoms with Gasteiger partial charge in [-0.25, -0.2) is 9.97 Å². The molecule has 0 atom stereocenters. The maximum Gasteiger partial charge on any atom is 0.223 e. The molecule has 20 heavy (non-hydrogen) atoms. The van der Waals surface area contributed by atoms with Gasteiger partial charge in [-0.05, 0) is 0 Å². The average Bonchev–Trinajstić information content (AvgIpc) is 2.73. The van der Waals surface area contributed by atoms with Crippen molar-refractivity contribution in [3.63, 3.8) is 0 Å². The molecule has 6 nitrogen and oxygen atoms in total. The van der Waals surface area contributed by atoms with Crippen LogP contribution in [0, 0.1) is 6.92 Å². The highest BCUT2D eigenvalue weighted by Gasteiger charge is 2.18. The molecule has 0 bridgehead atoms. The second-order valence-electron chi connectivity index (χ2n) is 5.56. The van der Waals surface area contributed by atoms with Crippen LogP contribution in [0.1, 0.15) is 38.3 Å². The molecule has 0 fully saturated rings. The van der Waals surface area contributed by atoms with Crippen LogP contribution < -0.4 is 5.32 Å². The Morgan fingerprint density at radius 1 is 1.25 bits per heavy atom. The first-order valence-corrected chi connectivity index (χ1v) is 6.80. The van der Waals surface area contributed by atoms with Gasteiger partial charge >= 0.3 is 0 Å². The van der Waals surface area contributed by atoms with E-state index in [1.54, 1.807) is 13.0 Å². The fourth-order valence-electron chi connectivity index (χ4n) is 1.59. The fourth-order valence-corrected chi connectivity index (χ4v) is 1.77. The lowest BCUT2D eigenvalue weighted by molar-refractivity contribution is 0.387. The number of hydrogen-bond donors (Lipinski definition) is 1. The van der Waals surface area contributed by atoms with Gasteiger partial charge in [0.25, 0.3) is 0 Å². The van der Waals surface area contributed by atoms with Crippen LogP contribution in [0.3, 0.4) is 0 Å². The minimum Gasteiger partial charge on any atom is -0.369 e. The predicted octanol–water partition coefficient (Wildman–Crippen LogP) is 2.77. The second-order valence-corrected chi connectivity index (χ2v) is 5.94. The third-order valence-electron chi connectivity index (χ3n) is 2.59. The monoisotopic (exact) mass is 295 g/mol. The van der Waals surface area contributed by atoms with Crippen LogP contribution >= 0.6 is 11.6 Å². The fraction of sp³-hybridized carbons (Fsp3) is 0.538. The quantitative estimate of drug-likeness (QED) is 0.874. The zero-order valence-electron chi connectivity index (χ0n) is 12.1. The minimum atomic E-state index is -0.147. The number of aromatic nitrogens is 4. The maximum atomic E-state index is 6.02. The second kappa shape index (κ2) is 5.75. The molecule has 0 saturated carbocycles. The minimum absolute atomic E-state index is 0.147. The Kier molecular flexibility index (Phi) is 4.23. The van der Waals surface area contributed by atoms with Crippen molar-refractivity contribution < 1.29 is 4.52 Å². The largest absolute Gasteiger partial charge is 0.369 e. The third kappa shape index (κ3) is 3.90. The zero-order valence-corrected chi connectivity index (χ0v) is 12.8. The Balaban J connectivity index is 2.00. The number of rotatable bonds is 4. The van der Waals surface area contributed by atoms with Crippen LogP contribution in [0.25, 0.3) is 0 Å². The molecule has 0 unspecified atom stereocenters. The number of anilines is 1. The van der Waals surface area contributed by atoms with Crippen molar-refractivity contribution in [2.45, 2.75) is 39.5 Å². The maximum absolute atomic E-state index is 6.02. The van der Waals surface area contributed by atoms with E-state index in [9.17, 15) is 0 Å². The Hall–Kier alpha value is -1.69. The van der Waals surface area contributed by atoms with E-state index in [2.05, 4.69) is 25.4 Å². The first kappa shape index (κ1) is 14.7. The summed E-state index contributed by atoms with van der Waals surface area (Å²) in [4.78, 5) is 12.9. The summed E-state index contributed by atoms with van der Waals surface area (Å²) in [6, 6.07) is 1.71. The van der Waals surface area contributed by atoms with Gasteiger partial charge in [0.2, 0.25) is 5.89 Å². The summed E-state index contributed by atoms with van der Waals surface area (Å²) in [6.07, 6.45) is 0.657. The number of aryl methyl sites for hydroxylation is 1. The summed E-state index contributed by atoms with van der Waals surface area (Å²) in [5, 5.41) is 7.47. The molecule has 2 rings (SSSR count). The van der Waals surface area contributed by atoms with Crippen molar-refractivity contribution in [3.8, 4) is 0 Å². The third-order valence-corrected chi connectivity index (χ3v) is 2.78. The lowest BCUT2D eigenvalue weighted by atomic mass is 9.96. The molecule has 2 aromatic rings. The Labute approximate surface area is 123 Å². The highest BCUT2D eigenvalue weighted by atomic mass is 35.5. The van der Waals surface area contributed by atoms with Gasteiger partial charge in [0, 0.05) is 31.4 Å². The van der Waals surface area contributed by atoms with E-state index < -0.39 is 0 Å². The molecule has 2 aromatic heterocycles. The van der Waals surface area contributed by atoms with Crippen molar-refractivity contribution in [2.75, 3.05) is 11.9 Å². The van der Waals surface area contributed by atoms with E-state index in [-0.39, 0.29) is 5.41 Å². The van der Waals surface area contributed by atoms with Crippen molar-refractivity contribution in [1.29, 1.82) is 0 Å². The number of nitrogens with zero attached hydrogens (tertiary/aromatic N) is 4. The van der Waals surface area contributed by atoms with Crippen LogP contribution in [-0.2, 0) is 11.8 Å². The Bertz CT molecular complexity index is 591. The van der Waals surface area contributed by atoms with Gasteiger partial charge < -0.3 is 9.84 Å². The number of nitrogens with one attached hydrogen (secondary N) is 1. The van der Waals surface area contributed by atoms with Gasteiger partial charge in [-0.2, -0.15) is 4.98 Å². The molecular weight excluding hydrogens is 278 g/mol. The van der Waals surface area contributed by atoms with Crippen molar-refractivity contribution >= 4 is 17.4 Å². The summed E-state index contributed by atoms with van der Waals surface area (Å²) in [6.45, 7) is 8.55. The molecule has 108 valence electrons. The van der Waals surface area contributed by atoms with Crippen LogP contribution in [0.5, 0.6) is 0 Å². The summed E-state index contributed by atoms with van der Waals surface area (Å²) >= 11 is 6.02. The van der Waals surface area contributed by atoms with Gasteiger partial charge in [-0.1, -0.05) is 37.5 Å². The normalized spacial score (nSPS) is 11.7. The lowest BCUT2D eigenvalue weighted by Crippen LogP contribution is -2.18. The summed E-state index contributed by atoms with van der Waals surface area (Å²) in [5.41, 5.74) is -0.147. The molecule has 0 aromatic carbocycles. The van der Waals surface area contributed by atoms with Crippen LogP contribution in [0.15, 0.2) is 10.6 Å². The van der Waals surface area contributed by atoms with Crippen molar-refractivity contribution in [2.24, 2.45) is 0 Å². The Morgan fingerprint density at radius 3 is 2.60 bits per heavy atom. The van der Waals surface area contributed by atoms with Gasteiger partial charge in [0.05, 0.1) is 0 Å².